The zero-order valence-corrected chi connectivity index (χ0v) is 10.8. The first kappa shape index (κ1) is 12.2. The van der Waals surface area contributed by atoms with Crippen molar-refractivity contribution < 1.29 is 4.39 Å². The van der Waals surface area contributed by atoms with Crippen LogP contribution in [0.1, 0.15) is 16.7 Å². The molecule has 3 rings (SSSR count). The van der Waals surface area contributed by atoms with E-state index in [-0.39, 0.29) is 12.4 Å². The molecule has 1 heterocycles. The predicted octanol–water partition coefficient (Wildman–Crippen LogP) is 2.85. The molecule has 0 spiro atoms. The Morgan fingerprint density at radius 1 is 1.05 bits per heavy atom. The molecule has 1 aliphatic rings. The third-order valence-corrected chi connectivity index (χ3v) is 3.77. The molecule has 0 radical (unpaired) electrons. The van der Waals surface area contributed by atoms with Gasteiger partial charge in [-0.1, -0.05) is 30.3 Å². The molecular weight excluding hydrogens is 239 g/mol. The summed E-state index contributed by atoms with van der Waals surface area (Å²) in [7, 11) is 0. The summed E-state index contributed by atoms with van der Waals surface area (Å²) in [5.41, 5.74) is 9.94. The van der Waals surface area contributed by atoms with E-state index in [1.807, 2.05) is 6.07 Å². The number of hydrogen-bond acceptors (Lipinski definition) is 2. The Balaban J connectivity index is 1.95. The molecule has 98 valence electrons. The Kier molecular flexibility index (Phi) is 3.22. The number of halogens is 1. The first-order valence-corrected chi connectivity index (χ1v) is 6.59. The number of nitrogens with zero attached hydrogens (tertiary/aromatic N) is 1. The topological polar surface area (TPSA) is 29.3 Å². The van der Waals surface area contributed by atoms with E-state index >= 15 is 0 Å². The van der Waals surface area contributed by atoms with Crippen LogP contribution < -0.4 is 10.6 Å². The van der Waals surface area contributed by atoms with Gasteiger partial charge in [-0.2, -0.15) is 0 Å². The van der Waals surface area contributed by atoms with Gasteiger partial charge in [0.15, 0.2) is 0 Å². The van der Waals surface area contributed by atoms with Crippen LogP contribution >= 0.6 is 0 Å². The molecule has 0 saturated carbocycles. The van der Waals surface area contributed by atoms with Crippen LogP contribution in [-0.2, 0) is 19.5 Å². The van der Waals surface area contributed by atoms with Gasteiger partial charge in [-0.05, 0) is 29.7 Å². The largest absolute Gasteiger partial charge is 0.367 e. The Bertz CT molecular complexity index is 595. The van der Waals surface area contributed by atoms with E-state index in [9.17, 15) is 4.39 Å². The molecule has 2 N–H and O–H groups in total. The van der Waals surface area contributed by atoms with Crippen LogP contribution in [0.5, 0.6) is 0 Å². The van der Waals surface area contributed by atoms with Crippen molar-refractivity contribution >= 4 is 5.69 Å². The fourth-order valence-corrected chi connectivity index (χ4v) is 2.75. The molecule has 0 unspecified atom stereocenters. The molecule has 0 aliphatic carbocycles. The van der Waals surface area contributed by atoms with Gasteiger partial charge in [0.2, 0.25) is 0 Å². The van der Waals surface area contributed by atoms with E-state index in [2.05, 4.69) is 29.2 Å². The summed E-state index contributed by atoms with van der Waals surface area (Å²) in [6, 6.07) is 13.6. The lowest BCUT2D eigenvalue weighted by atomic mass is 9.98. The third-order valence-electron chi connectivity index (χ3n) is 3.77. The molecule has 1 aliphatic heterocycles. The van der Waals surface area contributed by atoms with Crippen LogP contribution in [0.15, 0.2) is 42.5 Å². The van der Waals surface area contributed by atoms with E-state index in [0.29, 0.717) is 5.56 Å². The lowest BCUT2D eigenvalue weighted by Crippen LogP contribution is -2.31. The Morgan fingerprint density at radius 2 is 1.84 bits per heavy atom. The van der Waals surface area contributed by atoms with Gasteiger partial charge in [0.25, 0.3) is 0 Å². The molecule has 0 bridgehead atoms. The average molecular weight is 256 g/mol. The molecule has 3 heteroatoms. The monoisotopic (exact) mass is 256 g/mol. The van der Waals surface area contributed by atoms with Crippen LogP contribution in [-0.4, -0.2) is 6.54 Å². The molecule has 19 heavy (non-hydrogen) atoms. The van der Waals surface area contributed by atoms with Gasteiger partial charge >= 0.3 is 0 Å². The SMILES string of the molecule is NCc1c(F)cccc1N1CCc2ccccc2C1. The number of hydrogen-bond donors (Lipinski definition) is 1. The maximum atomic E-state index is 13.8. The fourth-order valence-electron chi connectivity index (χ4n) is 2.75. The van der Waals surface area contributed by atoms with E-state index < -0.39 is 0 Å². The van der Waals surface area contributed by atoms with E-state index in [0.717, 1.165) is 25.2 Å². The summed E-state index contributed by atoms with van der Waals surface area (Å²) in [4.78, 5) is 2.22. The number of rotatable bonds is 2. The van der Waals surface area contributed by atoms with Crippen molar-refractivity contribution in [1.82, 2.24) is 0 Å². The highest BCUT2D eigenvalue weighted by molar-refractivity contribution is 5.56. The standard InChI is InChI=1S/C16H17FN2/c17-15-6-3-7-16(14(15)10-18)19-9-8-12-4-1-2-5-13(12)11-19/h1-7H,8-11,18H2. The van der Waals surface area contributed by atoms with Crippen molar-refractivity contribution in [3.63, 3.8) is 0 Å². The highest BCUT2D eigenvalue weighted by Gasteiger charge is 2.19. The highest BCUT2D eigenvalue weighted by atomic mass is 19.1. The number of anilines is 1. The minimum atomic E-state index is -0.209. The van der Waals surface area contributed by atoms with Gasteiger partial charge in [0.1, 0.15) is 5.82 Å². The van der Waals surface area contributed by atoms with Crippen molar-refractivity contribution in [2.45, 2.75) is 19.5 Å². The van der Waals surface area contributed by atoms with Crippen molar-refractivity contribution in [2.75, 3.05) is 11.4 Å². The van der Waals surface area contributed by atoms with Crippen LogP contribution in [0.4, 0.5) is 10.1 Å². The van der Waals surface area contributed by atoms with Gasteiger partial charge in [0, 0.05) is 30.9 Å². The highest BCUT2D eigenvalue weighted by Crippen LogP contribution is 2.28. The summed E-state index contributed by atoms with van der Waals surface area (Å²) < 4.78 is 13.8. The van der Waals surface area contributed by atoms with Crippen LogP contribution in [0.2, 0.25) is 0 Å². The second-order valence-corrected chi connectivity index (χ2v) is 4.88. The summed E-state index contributed by atoms with van der Waals surface area (Å²) in [6.45, 7) is 1.97. The molecular formula is C16H17FN2. The fraction of sp³-hybridized carbons (Fsp3) is 0.250. The molecule has 0 aromatic heterocycles. The summed E-state index contributed by atoms with van der Waals surface area (Å²) in [5.74, 6) is -0.209. The van der Waals surface area contributed by atoms with Gasteiger partial charge in [-0.15, -0.1) is 0 Å². The first-order chi connectivity index (χ1) is 9.29. The molecule has 0 fully saturated rings. The molecule has 2 aromatic rings. The molecule has 2 nitrogen and oxygen atoms in total. The Hall–Kier alpha value is -1.87. The zero-order chi connectivity index (χ0) is 13.2. The van der Waals surface area contributed by atoms with Crippen molar-refractivity contribution in [1.29, 1.82) is 0 Å². The van der Waals surface area contributed by atoms with Gasteiger partial charge in [-0.3, -0.25) is 0 Å². The quantitative estimate of drug-likeness (QED) is 0.895. The second-order valence-electron chi connectivity index (χ2n) is 4.88. The Labute approximate surface area is 112 Å². The van der Waals surface area contributed by atoms with E-state index in [4.69, 9.17) is 5.73 Å². The third kappa shape index (κ3) is 2.22. The Morgan fingerprint density at radius 3 is 2.63 bits per heavy atom. The number of benzene rings is 2. The van der Waals surface area contributed by atoms with Crippen molar-refractivity contribution in [3.05, 3.63) is 65.0 Å². The summed E-state index contributed by atoms with van der Waals surface area (Å²) in [6.07, 6.45) is 0.997. The number of nitrogens with two attached hydrogens (primary N) is 1. The van der Waals surface area contributed by atoms with Crippen LogP contribution in [0, 0.1) is 5.82 Å². The molecule has 0 atom stereocenters. The smallest absolute Gasteiger partial charge is 0.129 e. The predicted molar refractivity (Wildman–Crippen MR) is 75.5 cm³/mol. The lowest BCUT2D eigenvalue weighted by molar-refractivity contribution is 0.607. The van der Waals surface area contributed by atoms with Crippen LogP contribution in [0.3, 0.4) is 0 Å². The van der Waals surface area contributed by atoms with Crippen LogP contribution in [0.25, 0.3) is 0 Å². The molecule has 0 saturated heterocycles. The first-order valence-electron chi connectivity index (χ1n) is 6.59. The van der Waals surface area contributed by atoms with Gasteiger partial charge in [0.05, 0.1) is 0 Å². The van der Waals surface area contributed by atoms with Gasteiger partial charge < -0.3 is 10.6 Å². The number of fused-ring (bicyclic) bond motifs is 1. The van der Waals surface area contributed by atoms with Crippen molar-refractivity contribution in [2.24, 2.45) is 5.73 Å². The average Bonchev–Trinajstić information content (AvgIpc) is 2.46. The minimum Gasteiger partial charge on any atom is -0.367 e. The van der Waals surface area contributed by atoms with Crippen molar-refractivity contribution in [3.8, 4) is 0 Å². The summed E-state index contributed by atoms with van der Waals surface area (Å²) >= 11 is 0. The molecule has 2 aromatic carbocycles. The maximum Gasteiger partial charge on any atom is 0.129 e. The van der Waals surface area contributed by atoms with Gasteiger partial charge in [-0.25, -0.2) is 4.39 Å². The summed E-state index contributed by atoms with van der Waals surface area (Å²) in [5, 5.41) is 0. The minimum absolute atomic E-state index is 0.209. The second kappa shape index (κ2) is 5.02. The molecule has 0 amide bonds. The maximum absolute atomic E-state index is 13.8. The van der Waals surface area contributed by atoms with E-state index in [1.165, 1.54) is 17.2 Å². The van der Waals surface area contributed by atoms with E-state index in [1.54, 1.807) is 6.07 Å². The zero-order valence-electron chi connectivity index (χ0n) is 10.8. The normalized spacial score (nSPS) is 14.3. The lowest BCUT2D eigenvalue weighted by Gasteiger charge is -2.32.